The lowest BCUT2D eigenvalue weighted by molar-refractivity contribution is 0.410. The van der Waals surface area contributed by atoms with Gasteiger partial charge in [0.15, 0.2) is 0 Å². The topological polar surface area (TPSA) is 46.5 Å². The Kier molecular flexibility index (Phi) is 2.63. The van der Waals surface area contributed by atoms with E-state index in [2.05, 4.69) is 4.52 Å². The molecule has 60 valence electrons. The fourth-order valence-electron chi connectivity index (χ4n) is 0.603. The molecule has 0 aliphatic carbocycles. The summed E-state index contributed by atoms with van der Waals surface area (Å²) in [5.74, 6) is -0.215. The second kappa shape index (κ2) is 3.51. The SMILES string of the molecule is O=[PH](O)Oc1ccc(F)cc1. The van der Waals surface area contributed by atoms with Crippen LogP contribution < -0.4 is 4.52 Å². The van der Waals surface area contributed by atoms with E-state index in [1.165, 1.54) is 12.1 Å². The van der Waals surface area contributed by atoms with E-state index in [4.69, 9.17) is 4.89 Å². The van der Waals surface area contributed by atoms with Crippen LogP contribution >= 0.6 is 8.25 Å². The Bertz CT molecular complexity index is 259. The van der Waals surface area contributed by atoms with Crippen LogP contribution in [-0.2, 0) is 4.57 Å². The first-order valence-corrected chi connectivity index (χ1v) is 4.11. The van der Waals surface area contributed by atoms with E-state index in [9.17, 15) is 8.96 Å². The zero-order chi connectivity index (χ0) is 8.27. The summed E-state index contributed by atoms with van der Waals surface area (Å²) < 4.78 is 26.8. The van der Waals surface area contributed by atoms with Gasteiger partial charge in [0.2, 0.25) is 0 Å². The lowest BCUT2D eigenvalue weighted by Crippen LogP contribution is -1.79. The van der Waals surface area contributed by atoms with Crippen LogP contribution in [0, 0.1) is 5.82 Å². The fraction of sp³-hybridized carbons (Fsp3) is 0. The van der Waals surface area contributed by atoms with Gasteiger partial charge in [-0.15, -0.1) is 0 Å². The van der Waals surface area contributed by atoms with E-state index in [1.807, 2.05) is 0 Å². The van der Waals surface area contributed by atoms with Gasteiger partial charge in [-0.1, -0.05) is 0 Å². The van der Waals surface area contributed by atoms with E-state index >= 15 is 0 Å². The molecule has 0 aliphatic heterocycles. The second-order valence-corrected chi connectivity index (χ2v) is 2.56. The number of benzene rings is 1. The highest BCUT2D eigenvalue weighted by molar-refractivity contribution is 7.32. The Balaban J connectivity index is 2.74. The molecule has 0 radical (unpaired) electrons. The Morgan fingerprint density at radius 1 is 1.36 bits per heavy atom. The lowest BCUT2D eigenvalue weighted by atomic mass is 10.3. The molecule has 5 heteroatoms. The molecule has 1 rings (SSSR count). The summed E-state index contributed by atoms with van der Waals surface area (Å²) in [4.78, 5) is 8.31. The minimum atomic E-state index is -2.97. The van der Waals surface area contributed by atoms with Crippen LogP contribution in [0.1, 0.15) is 0 Å². The maximum Gasteiger partial charge on any atom is 0.365 e. The third kappa shape index (κ3) is 2.70. The molecule has 0 bridgehead atoms. The third-order valence-corrected chi connectivity index (χ3v) is 1.43. The van der Waals surface area contributed by atoms with Crippen molar-refractivity contribution in [2.45, 2.75) is 0 Å². The zero-order valence-electron chi connectivity index (χ0n) is 5.45. The van der Waals surface area contributed by atoms with Crippen LogP contribution in [0.2, 0.25) is 0 Å². The summed E-state index contributed by atoms with van der Waals surface area (Å²) >= 11 is 0. The maximum atomic E-state index is 12.2. The van der Waals surface area contributed by atoms with Crippen molar-refractivity contribution in [2.75, 3.05) is 0 Å². The molecule has 11 heavy (non-hydrogen) atoms. The number of hydrogen-bond donors (Lipinski definition) is 1. The highest BCUT2D eigenvalue weighted by Gasteiger charge is 1.95. The smallest absolute Gasteiger partial charge is 0.365 e. The van der Waals surface area contributed by atoms with Crippen molar-refractivity contribution in [1.82, 2.24) is 0 Å². The average molecular weight is 176 g/mol. The quantitative estimate of drug-likeness (QED) is 0.696. The molecule has 1 atom stereocenters. The van der Waals surface area contributed by atoms with Gasteiger partial charge in [0, 0.05) is 0 Å². The van der Waals surface area contributed by atoms with Gasteiger partial charge < -0.3 is 9.42 Å². The number of rotatable bonds is 2. The Morgan fingerprint density at radius 3 is 2.36 bits per heavy atom. The van der Waals surface area contributed by atoms with Crippen molar-refractivity contribution in [3.05, 3.63) is 30.1 Å². The molecule has 0 heterocycles. The van der Waals surface area contributed by atoms with Gasteiger partial charge in [-0.05, 0) is 24.3 Å². The van der Waals surface area contributed by atoms with Gasteiger partial charge in [0.25, 0.3) is 0 Å². The molecule has 0 aliphatic rings. The largest absolute Gasteiger partial charge is 0.426 e. The highest BCUT2D eigenvalue weighted by Crippen LogP contribution is 2.22. The highest BCUT2D eigenvalue weighted by atomic mass is 31.1. The molecule has 0 spiro atoms. The molecule has 0 saturated carbocycles. The monoisotopic (exact) mass is 176 g/mol. The summed E-state index contributed by atoms with van der Waals surface area (Å²) in [5.41, 5.74) is 0. The zero-order valence-corrected chi connectivity index (χ0v) is 6.45. The summed E-state index contributed by atoms with van der Waals surface area (Å²) in [6.45, 7) is 0. The summed E-state index contributed by atoms with van der Waals surface area (Å²) in [6, 6.07) is 4.88. The molecular weight excluding hydrogens is 170 g/mol. The molecule has 1 aromatic carbocycles. The van der Waals surface area contributed by atoms with Gasteiger partial charge in [0.1, 0.15) is 11.6 Å². The van der Waals surface area contributed by atoms with E-state index in [0.29, 0.717) is 0 Å². The van der Waals surface area contributed by atoms with Crippen LogP contribution in [0.15, 0.2) is 24.3 Å². The van der Waals surface area contributed by atoms with Crippen LogP contribution in [-0.4, -0.2) is 4.89 Å². The van der Waals surface area contributed by atoms with Gasteiger partial charge in [0.05, 0.1) is 0 Å². The van der Waals surface area contributed by atoms with Gasteiger partial charge in [-0.2, -0.15) is 0 Å². The molecule has 1 aromatic rings. The Hall–Kier alpha value is -0.860. The van der Waals surface area contributed by atoms with Crippen LogP contribution in [0.3, 0.4) is 0 Å². The molecular formula is C6H6FO3P. The molecule has 0 fully saturated rings. The first-order chi connectivity index (χ1) is 5.18. The maximum absolute atomic E-state index is 12.2. The van der Waals surface area contributed by atoms with E-state index in [1.54, 1.807) is 0 Å². The van der Waals surface area contributed by atoms with Crippen molar-refractivity contribution in [3.8, 4) is 5.75 Å². The van der Waals surface area contributed by atoms with E-state index < -0.39 is 14.1 Å². The molecule has 1 unspecified atom stereocenters. The summed E-state index contributed by atoms with van der Waals surface area (Å²) in [5, 5.41) is 0. The second-order valence-electron chi connectivity index (χ2n) is 1.82. The third-order valence-electron chi connectivity index (χ3n) is 1.02. The van der Waals surface area contributed by atoms with Gasteiger partial charge in [-0.25, -0.2) is 8.96 Å². The normalized spacial score (nSPS) is 12.5. The average Bonchev–Trinajstić information content (AvgIpc) is 1.93. The van der Waals surface area contributed by atoms with Crippen LogP contribution in [0.4, 0.5) is 4.39 Å². The van der Waals surface area contributed by atoms with Crippen molar-refractivity contribution < 1.29 is 18.4 Å². The Labute approximate surface area is 63.4 Å². The summed E-state index contributed by atoms with van der Waals surface area (Å²) in [6.07, 6.45) is 0. The minimum Gasteiger partial charge on any atom is -0.426 e. The van der Waals surface area contributed by atoms with Crippen molar-refractivity contribution >= 4 is 8.25 Å². The predicted octanol–water partition coefficient (Wildman–Crippen LogP) is 1.59. The van der Waals surface area contributed by atoms with Crippen molar-refractivity contribution in [2.24, 2.45) is 0 Å². The van der Waals surface area contributed by atoms with E-state index in [-0.39, 0.29) is 5.75 Å². The predicted molar refractivity (Wildman–Crippen MR) is 38.2 cm³/mol. The molecule has 0 saturated heterocycles. The Morgan fingerprint density at radius 2 is 1.91 bits per heavy atom. The first kappa shape index (κ1) is 8.24. The van der Waals surface area contributed by atoms with Crippen molar-refractivity contribution in [3.63, 3.8) is 0 Å². The standard InChI is InChI=1S/C6H6FO3P/c7-5-1-3-6(4-2-5)10-11(8)9/h1-4,11H,(H,8,9). The van der Waals surface area contributed by atoms with Crippen molar-refractivity contribution in [1.29, 1.82) is 0 Å². The number of halogens is 1. The minimum absolute atomic E-state index is 0.192. The van der Waals surface area contributed by atoms with Crippen LogP contribution in [0.25, 0.3) is 0 Å². The summed E-state index contributed by atoms with van der Waals surface area (Å²) in [7, 11) is -2.97. The van der Waals surface area contributed by atoms with Gasteiger partial charge in [-0.3, -0.25) is 0 Å². The number of hydrogen-bond acceptors (Lipinski definition) is 2. The fourth-order valence-corrected chi connectivity index (χ4v) is 0.941. The molecule has 0 amide bonds. The van der Waals surface area contributed by atoms with E-state index in [0.717, 1.165) is 12.1 Å². The first-order valence-electron chi connectivity index (χ1n) is 2.85. The van der Waals surface area contributed by atoms with Gasteiger partial charge >= 0.3 is 8.25 Å². The molecule has 3 nitrogen and oxygen atoms in total. The van der Waals surface area contributed by atoms with Crippen LogP contribution in [0.5, 0.6) is 5.75 Å². The molecule has 1 N–H and O–H groups in total. The lowest BCUT2D eigenvalue weighted by Gasteiger charge is -1.99. The molecule has 0 aromatic heterocycles.